The Morgan fingerprint density at radius 3 is 2.46 bits per heavy atom. The van der Waals surface area contributed by atoms with Gasteiger partial charge >= 0.3 is 0 Å². The molecule has 0 bridgehead atoms. The summed E-state index contributed by atoms with van der Waals surface area (Å²) in [5.41, 5.74) is 2.13. The fourth-order valence-electron chi connectivity index (χ4n) is 3.85. The number of hydrogen-bond donors (Lipinski definition) is 1. The number of carbonyl (C=O) groups is 2. The maximum Gasteiger partial charge on any atom is 0.227 e. The van der Waals surface area contributed by atoms with Crippen LogP contribution < -0.4 is 5.32 Å². The number of aromatic nitrogens is 2. The number of unbranched alkanes of at least 4 members (excludes halogenated alkanes) is 1. The Balaban J connectivity index is 1.60. The fraction of sp³-hybridized carbons (Fsp3) is 0.407. The fourth-order valence-corrected chi connectivity index (χ4v) is 4.88. The number of halogens is 1. The molecule has 3 aromatic rings. The molecule has 0 fully saturated rings. The van der Waals surface area contributed by atoms with Crippen LogP contribution >= 0.6 is 27.3 Å². The van der Waals surface area contributed by atoms with E-state index in [-0.39, 0.29) is 24.2 Å². The van der Waals surface area contributed by atoms with E-state index in [1.54, 1.807) is 0 Å². The third-order valence-electron chi connectivity index (χ3n) is 5.94. The predicted octanol–water partition coefficient (Wildman–Crippen LogP) is 6.58. The summed E-state index contributed by atoms with van der Waals surface area (Å²) in [6, 6.07) is 17.9. The summed E-state index contributed by atoms with van der Waals surface area (Å²) in [4.78, 5) is 27.9. The molecular weight excluding hydrogens is 524 g/mol. The molecule has 1 atom stereocenters. The van der Waals surface area contributed by atoms with Crippen LogP contribution in [0.3, 0.4) is 0 Å². The number of hydrogen-bond acceptors (Lipinski definition) is 5. The highest BCUT2D eigenvalue weighted by Crippen LogP contribution is 2.27. The van der Waals surface area contributed by atoms with Gasteiger partial charge in [-0.15, -0.1) is 10.2 Å². The quantitative estimate of drug-likeness (QED) is 0.258. The van der Waals surface area contributed by atoms with Gasteiger partial charge in [-0.1, -0.05) is 96.4 Å². The molecular formula is C27H33BrN4O2S. The molecule has 6 nitrogen and oxygen atoms in total. The minimum absolute atomic E-state index is 0.00501. The molecule has 2 amide bonds. The summed E-state index contributed by atoms with van der Waals surface area (Å²) >= 11 is 4.76. The molecule has 1 aromatic heterocycles. The molecule has 0 saturated heterocycles. The van der Waals surface area contributed by atoms with Gasteiger partial charge in [0.2, 0.25) is 16.9 Å². The summed E-state index contributed by atoms with van der Waals surface area (Å²) in [5.74, 6) is -0.00819. The van der Waals surface area contributed by atoms with E-state index in [0.29, 0.717) is 18.2 Å². The molecule has 1 heterocycles. The summed E-state index contributed by atoms with van der Waals surface area (Å²) in [7, 11) is 0. The lowest BCUT2D eigenvalue weighted by atomic mass is 9.97. The largest absolute Gasteiger partial charge is 0.342 e. The molecule has 186 valence electrons. The van der Waals surface area contributed by atoms with Gasteiger partial charge < -0.3 is 10.2 Å². The molecule has 0 radical (unpaired) electrons. The van der Waals surface area contributed by atoms with Gasteiger partial charge in [-0.2, -0.15) is 0 Å². The Bertz CT molecular complexity index is 1070. The Morgan fingerprint density at radius 1 is 1.03 bits per heavy atom. The first kappa shape index (κ1) is 27.0. The number of anilines is 1. The van der Waals surface area contributed by atoms with Crippen molar-refractivity contribution < 1.29 is 9.59 Å². The van der Waals surface area contributed by atoms with Crippen LogP contribution in [0.5, 0.6) is 0 Å². The van der Waals surface area contributed by atoms with Crippen LogP contribution in [0, 0.1) is 5.92 Å². The molecule has 1 N–H and O–H groups in total. The van der Waals surface area contributed by atoms with E-state index in [9.17, 15) is 9.59 Å². The lowest BCUT2D eigenvalue weighted by Gasteiger charge is -2.27. The van der Waals surface area contributed by atoms with Crippen molar-refractivity contribution in [1.82, 2.24) is 15.1 Å². The van der Waals surface area contributed by atoms with Crippen molar-refractivity contribution in [2.45, 2.75) is 52.4 Å². The van der Waals surface area contributed by atoms with E-state index >= 15 is 0 Å². The van der Waals surface area contributed by atoms with Crippen molar-refractivity contribution in [3.8, 4) is 10.6 Å². The summed E-state index contributed by atoms with van der Waals surface area (Å²) in [6.07, 6.45) is 4.80. The molecule has 1 unspecified atom stereocenters. The Hall–Kier alpha value is -2.58. The molecule has 0 saturated carbocycles. The first-order valence-corrected chi connectivity index (χ1v) is 13.8. The minimum atomic E-state index is -0.164. The average Bonchev–Trinajstić information content (AvgIpc) is 3.33. The zero-order valence-corrected chi connectivity index (χ0v) is 22.8. The predicted molar refractivity (Wildman–Crippen MR) is 146 cm³/mol. The van der Waals surface area contributed by atoms with Crippen LogP contribution in [0.15, 0.2) is 59.1 Å². The van der Waals surface area contributed by atoms with E-state index in [1.807, 2.05) is 47.4 Å². The van der Waals surface area contributed by atoms with E-state index in [0.717, 1.165) is 47.1 Å². The molecule has 35 heavy (non-hydrogen) atoms. The Kier molecular flexibility index (Phi) is 10.9. The highest BCUT2D eigenvalue weighted by atomic mass is 79.9. The van der Waals surface area contributed by atoms with E-state index in [1.165, 1.54) is 16.9 Å². The van der Waals surface area contributed by atoms with Gasteiger partial charge in [0.1, 0.15) is 5.01 Å². The van der Waals surface area contributed by atoms with Crippen LogP contribution in [-0.4, -0.2) is 40.0 Å². The van der Waals surface area contributed by atoms with Gasteiger partial charge in [0.15, 0.2) is 0 Å². The molecule has 0 spiro atoms. The van der Waals surface area contributed by atoms with Gasteiger partial charge in [-0.05, 0) is 37.0 Å². The second kappa shape index (κ2) is 14.1. The highest BCUT2D eigenvalue weighted by Gasteiger charge is 2.23. The van der Waals surface area contributed by atoms with Crippen molar-refractivity contribution in [1.29, 1.82) is 0 Å². The van der Waals surface area contributed by atoms with Gasteiger partial charge in [0.05, 0.1) is 0 Å². The lowest BCUT2D eigenvalue weighted by Crippen LogP contribution is -2.39. The lowest BCUT2D eigenvalue weighted by molar-refractivity contribution is -0.136. The Labute approximate surface area is 220 Å². The van der Waals surface area contributed by atoms with Crippen LogP contribution in [0.4, 0.5) is 5.13 Å². The topological polar surface area (TPSA) is 75.2 Å². The second-order valence-electron chi connectivity index (χ2n) is 8.53. The second-order valence-corrected chi connectivity index (χ2v) is 10.4. The monoisotopic (exact) mass is 556 g/mol. The van der Waals surface area contributed by atoms with E-state index < -0.39 is 0 Å². The molecule has 3 rings (SSSR count). The molecule has 8 heteroatoms. The van der Waals surface area contributed by atoms with Crippen LogP contribution in [0.25, 0.3) is 10.6 Å². The van der Waals surface area contributed by atoms with Crippen molar-refractivity contribution in [2.24, 2.45) is 5.92 Å². The third-order valence-corrected chi connectivity index (χ3v) is 7.36. The number of rotatable bonds is 13. The van der Waals surface area contributed by atoms with Crippen molar-refractivity contribution >= 4 is 44.2 Å². The number of amides is 2. The van der Waals surface area contributed by atoms with Gasteiger partial charge in [0.25, 0.3) is 0 Å². The maximum atomic E-state index is 13.3. The molecule has 0 aliphatic carbocycles. The van der Waals surface area contributed by atoms with E-state index in [2.05, 4.69) is 57.4 Å². The number of carbonyl (C=O) groups excluding carboxylic acids is 2. The number of nitrogens with zero attached hydrogens (tertiary/aromatic N) is 3. The van der Waals surface area contributed by atoms with Gasteiger partial charge in [-0.25, -0.2) is 0 Å². The standard InChI is InChI=1S/C27H33BrN4O2S/c1-3-5-11-21(4-2)26(34)32(18-16-20-9-7-6-8-10-20)19-17-24(33)29-27-31-30-25(35-27)22-12-14-23(28)15-13-22/h6-10,12-15,21H,3-5,11,16-19H2,1-2H3,(H,29,31,33). The Morgan fingerprint density at radius 2 is 1.77 bits per heavy atom. The minimum Gasteiger partial charge on any atom is -0.342 e. The smallest absolute Gasteiger partial charge is 0.227 e. The van der Waals surface area contributed by atoms with E-state index in [4.69, 9.17) is 0 Å². The SMILES string of the molecule is CCCCC(CC)C(=O)N(CCC(=O)Nc1nnc(-c2ccc(Br)cc2)s1)CCc1ccccc1. The zero-order chi connectivity index (χ0) is 25.0. The summed E-state index contributed by atoms with van der Waals surface area (Å²) < 4.78 is 0.991. The van der Waals surface area contributed by atoms with Crippen LogP contribution in [0.1, 0.15) is 51.5 Å². The van der Waals surface area contributed by atoms with Crippen molar-refractivity contribution in [3.05, 3.63) is 64.6 Å². The van der Waals surface area contributed by atoms with Crippen molar-refractivity contribution in [2.75, 3.05) is 18.4 Å². The normalized spacial score (nSPS) is 11.7. The number of benzene rings is 2. The average molecular weight is 558 g/mol. The molecule has 2 aromatic carbocycles. The summed E-state index contributed by atoms with van der Waals surface area (Å²) in [6.45, 7) is 5.20. The first-order chi connectivity index (χ1) is 17.0. The first-order valence-electron chi connectivity index (χ1n) is 12.2. The zero-order valence-electron chi connectivity index (χ0n) is 20.4. The van der Waals surface area contributed by atoms with Crippen molar-refractivity contribution in [3.63, 3.8) is 0 Å². The highest BCUT2D eigenvalue weighted by molar-refractivity contribution is 9.10. The molecule has 0 aliphatic heterocycles. The van der Waals surface area contributed by atoms with Gasteiger partial charge in [0, 0.05) is 35.5 Å². The third kappa shape index (κ3) is 8.54. The summed E-state index contributed by atoms with van der Waals surface area (Å²) in [5, 5.41) is 12.4. The van der Waals surface area contributed by atoms with Crippen LogP contribution in [0.2, 0.25) is 0 Å². The maximum absolute atomic E-state index is 13.3. The van der Waals surface area contributed by atoms with Crippen LogP contribution in [-0.2, 0) is 16.0 Å². The molecule has 0 aliphatic rings. The van der Waals surface area contributed by atoms with Gasteiger partial charge in [-0.3, -0.25) is 9.59 Å². The number of nitrogens with one attached hydrogen (secondary N) is 1.